The molecule has 26 heavy (non-hydrogen) atoms. The Hall–Kier alpha value is -2.57. The molecule has 0 aromatic heterocycles. The van der Waals surface area contributed by atoms with Gasteiger partial charge in [0.05, 0.1) is 5.69 Å². The Bertz CT molecular complexity index is 765. The predicted octanol–water partition coefficient (Wildman–Crippen LogP) is 1.92. The first-order valence-corrected chi connectivity index (χ1v) is 9.44. The zero-order chi connectivity index (χ0) is 18.1. The van der Waals surface area contributed by atoms with Crippen molar-refractivity contribution in [3.05, 3.63) is 29.8 Å². The van der Waals surface area contributed by atoms with Crippen LogP contribution in [0.5, 0.6) is 0 Å². The van der Waals surface area contributed by atoms with E-state index < -0.39 is 5.66 Å². The van der Waals surface area contributed by atoms with Gasteiger partial charge >= 0.3 is 0 Å². The van der Waals surface area contributed by atoms with Gasteiger partial charge in [0, 0.05) is 19.5 Å². The summed E-state index contributed by atoms with van der Waals surface area (Å²) < 4.78 is 0. The first-order chi connectivity index (χ1) is 12.6. The predicted molar refractivity (Wildman–Crippen MR) is 103 cm³/mol. The number of carbonyl (C=O) groups excluding carboxylic acids is 1. The molecule has 2 fully saturated rings. The van der Waals surface area contributed by atoms with E-state index in [1.807, 2.05) is 23.1 Å². The highest BCUT2D eigenvalue weighted by molar-refractivity contribution is 6.06. The molecule has 4 N–H and O–H groups in total. The summed E-state index contributed by atoms with van der Waals surface area (Å²) in [5.74, 6) is 0.863. The van der Waals surface area contributed by atoms with Crippen LogP contribution in [-0.2, 0) is 11.3 Å². The van der Waals surface area contributed by atoms with Gasteiger partial charge in [-0.25, -0.2) is 4.99 Å². The van der Waals surface area contributed by atoms with Crippen LogP contribution in [-0.4, -0.2) is 34.9 Å². The van der Waals surface area contributed by atoms with Crippen molar-refractivity contribution in [2.45, 2.75) is 57.2 Å². The number of hydrogen-bond acceptors (Lipinski definition) is 6. The number of para-hydroxylation sites is 1. The topological polar surface area (TPSA) is 100 Å². The number of amides is 1. The van der Waals surface area contributed by atoms with Crippen molar-refractivity contribution in [1.82, 2.24) is 4.90 Å². The van der Waals surface area contributed by atoms with Gasteiger partial charge < -0.3 is 16.4 Å². The molecule has 0 atom stereocenters. The first kappa shape index (κ1) is 16.9. The fourth-order valence-corrected chi connectivity index (χ4v) is 4.41. The van der Waals surface area contributed by atoms with E-state index in [-0.39, 0.29) is 11.9 Å². The molecular formula is C19H26N6O. The molecule has 1 saturated heterocycles. The van der Waals surface area contributed by atoms with Crippen molar-refractivity contribution in [1.29, 1.82) is 0 Å². The molecule has 1 saturated carbocycles. The third-order valence-corrected chi connectivity index (χ3v) is 5.62. The number of anilines is 1. The Balaban J connectivity index is 1.73. The number of nitrogens with zero attached hydrogens (tertiary/aromatic N) is 4. The minimum atomic E-state index is -0.459. The third-order valence-electron chi connectivity index (χ3n) is 5.62. The molecule has 1 aromatic carbocycles. The van der Waals surface area contributed by atoms with E-state index in [4.69, 9.17) is 16.5 Å². The van der Waals surface area contributed by atoms with Gasteiger partial charge in [-0.1, -0.05) is 24.6 Å². The quantitative estimate of drug-likeness (QED) is 0.866. The molecular weight excluding hydrogens is 328 g/mol. The van der Waals surface area contributed by atoms with Gasteiger partial charge in [-0.15, -0.1) is 0 Å². The second-order valence-corrected chi connectivity index (χ2v) is 7.37. The number of benzene rings is 1. The second kappa shape index (κ2) is 6.63. The summed E-state index contributed by atoms with van der Waals surface area (Å²) in [5.41, 5.74) is 13.9. The highest BCUT2D eigenvalue weighted by Crippen LogP contribution is 2.40. The van der Waals surface area contributed by atoms with Crippen LogP contribution in [0.15, 0.2) is 34.3 Å². The number of guanidine groups is 2. The molecule has 1 amide bonds. The van der Waals surface area contributed by atoms with Gasteiger partial charge in [0.2, 0.25) is 17.8 Å². The molecule has 0 bridgehead atoms. The maximum atomic E-state index is 12.1. The Kier molecular flexibility index (Phi) is 4.30. The summed E-state index contributed by atoms with van der Waals surface area (Å²) in [4.78, 5) is 25.1. The molecule has 1 spiro atoms. The standard InChI is InChI=1S/C19H26N6O/c20-17-22-18(21)25(19(23-17)10-4-1-5-11-19)15-8-3-2-7-14(15)13-24-12-6-9-16(24)26/h2-3,7-8H,1,4-6,9-13H2,(H4,20,21,22,23). The molecule has 7 nitrogen and oxygen atoms in total. The van der Waals surface area contributed by atoms with Crippen molar-refractivity contribution >= 4 is 23.5 Å². The van der Waals surface area contributed by atoms with E-state index in [2.05, 4.69) is 16.0 Å². The minimum Gasteiger partial charge on any atom is -0.369 e. The highest BCUT2D eigenvalue weighted by Gasteiger charge is 2.43. The molecule has 0 unspecified atom stereocenters. The number of likely N-dealkylation sites (tertiary alicyclic amines) is 1. The fraction of sp³-hybridized carbons (Fsp3) is 0.526. The molecule has 0 radical (unpaired) electrons. The third kappa shape index (κ3) is 2.91. The lowest BCUT2D eigenvalue weighted by molar-refractivity contribution is -0.128. The highest BCUT2D eigenvalue weighted by atomic mass is 16.2. The first-order valence-electron chi connectivity index (χ1n) is 9.44. The lowest BCUT2D eigenvalue weighted by Crippen LogP contribution is -2.58. The van der Waals surface area contributed by atoms with E-state index >= 15 is 0 Å². The summed E-state index contributed by atoms with van der Waals surface area (Å²) >= 11 is 0. The summed E-state index contributed by atoms with van der Waals surface area (Å²) in [6, 6.07) is 8.11. The average molecular weight is 354 g/mol. The van der Waals surface area contributed by atoms with E-state index in [9.17, 15) is 4.79 Å². The van der Waals surface area contributed by atoms with Gasteiger partial charge in [0.25, 0.3) is 0 Å². The molecule has 7 heteroatoms. The largest absolute Gasteiger partial charge is 0.369 e. The van der Waals surface area contributed by atoms with E-state index in [0.29, 0.717) is 18.9 Å². The lowest BCUT2D eigenvalue weighted by Gasteiger charge is -2.46. The van der Waals surface area contributed by atoms with Gasteiger partial charge in [0.1, 0.15) is 5.66 Å². The maximum Gasteiger partial charge on any atom is 0.222 e. The molecule has 1 aromatic rings. The number of hydrogen-bond donors (Lipinski definition) is 2. The van der Waals surface area contributed by atoms with Crippen LogP contribution in [0.4, 0.5) is 5.69 Å². The smallest absolute Gasteiger partial charge is 0.222 e. The van der Waals surface area contributed by atoms with Crippen LogP contribution in [0.3, 0.4) is 0 Å². The monoisotopic (exact) mass is 354 g/mol. The summed E-state index contributed by atoms with van der Waals surface area (Å²) in [6.45, 7) is 1.40. The lowest BCUT2D eigenvalue weighted by atomic mass is 9.87. The second-order valence-electron chi connectivity index (χ2n) is 7.37. The minimum absolute atomic E-state index is 0.217. The maximum absolute atomic E-state index is 12.1. The number of aliphatic imine (C=N–C) groups is 2. The van der Waals surface area contributed by atoms with Crippen LogP contribution in [0.2, 0.25) is 0 Å². The number of carbonyl (C=O) groups is 1. The van der Waals surface area contributed by atoms with E-state index in [1.165, 1.54) is 6.42 Å². The van der Waals surface area contributed by atoms with Crippen LogP contribution < -0.4 is 16.4 Å². The molecule has 3 aliphatic rings. The Labute approximate surface area is 153 Å². The molecule has 4 rings (SSSR count). The SMILES string of the molecule is NC1=NC2(CCCCC2)N(c2ccccc2CN2CCCC2=O)C(N)=N1. The molecule has 138 valence electrons. The van der Waals surface area contributed by atoms with Crippen molar-refractivity contribution in [3.8, 4) is 0 Å². The van der Waals surface area contributed by atoms with E-state index in [0.717, 1.165) is 49.9 Å². The number of rotatable bonds is 3. The van der Waals surface area contributed by atoms with Crippen LogP contribution >= 0.6 is 0 Å². The Morgan fingerprint density at radius 3 is 2.58 bits per heavy atom. The summed E-state index contributed by atoms with van der Waals surface area (Å²) in [6.07, 6.45) is 6.76. The van der Waals surface area contributed by atoms with Crippen LogP contribution in [0, 0.1) is 0 Å². The fourth-order valence-electron chi connectivity index (χ4n) is 4.41. The van der Waals surface area contributed by atoms with Gasteiger partial charge in [-0.3, -0.25) is 9.69 Å². The van der Waals surface area contributed by atoms with Crippen LogP contribution in [0.1, 0.15) is 50.5 Å². The summed E-state index contributed by atoms with van der Waals surface area (Å²) in [5, 5.41) is 0. The zero-order valence-corrected chi connectivity index (χ0v) is 15.0. The van der Waals surface area contributed by atoms with Crippen molar-refractivity contribution in [2.24, 2.45) is 21.5 Å². The van der Waals surface area contributed by atoms with Crippen molar-refractivity contribution in [2.75, 3.05) is 11.4 Å². The van der Waals surface area contributed by atoms with Gasteiger partial charge in [-0.05, 0) is 43.7 Å². The van der Waals surface area contributed by atoms with Gasteiger partial charge in [0.15, 0.2) is 0 Å². The van der Waals surface area contributed by atoms with Crippen molar-refractivity contribution < 1.29 is 4.79 Å². The normalized spacial score (nSPS) is 22.5. The Morgan fingerprint density at radius 2 is 1.85 bits per heavy atom. The zero-order valence-electron chi connectivity index (χ0n) is 15.0. The average Bonchev–Trinajstić information content (AvgIpc) is 3.01. The molecule has 2 heterocycles. The van der Waals surface area contributed by atoms with Gasteiger partial charge in [-0.2, -0.15) is 4.99 Å². The van der Waals surface area contributed by atoms with E-state index in [1.54, 1.807) is 0 Å². The molecule has 2 aliphatic heterocycles. The molecule has 1 aliphatic carbocycles. The summed E-state index contributed by atoms with van der Waals surface area (Å²) in [7, 11) is 0. The van der Waals surface area contributed by atoms with Crippen molar-refractivity contribution in [3.63, 3.8) is 0 Å². The Morgan fingerprint density at radius 1 is 1.08 bits per heavy atom. The van der Waals surface area contributed by atoms with Crippen LogP contribution in [0.25, 0.3) is 0 Å². The number of nitrogens with two attached hydrogens (primary N) is 2.